The lowest BCUT2D eigenvalue weighted by Crippen LogP contribution is -2.30. The molecule has 1 aliphatic heterocycles. The van der Waals surface area contributed by atoms with Crippen LogP contribution >= 0.6 is 0 Å². The van der Waals surface area contributed by atoms with Gasteiger partial charge in [0.25, 0.3) is 0 Å². The third-order valence-corrected chi connectivity index (χ3v) is 3.76. The van der Waals surface area contributed by atoms with Crippen LogP contribution in [0.25, 0.3) is 0 Å². The van der Waals surface area contributed by atoms with Crippen LogP contribution in [-0.2, 0) is 11.2 Å². The van der Waals surface area contributed by atoms with Gasteiger partial charge in [0.15, 0.2) is 0 Å². The number of hydrogen-bond donors (Lipinski definition) is 0. The number of carbonyl (C=O) groups is 1. The van der Waals surface area contributed by atoms with Crippen molar-refractivity contribution in [3.05, 3.63) is 35.4 Å². The molecule has 1 aromatic rings. The van der Waals surface area contributed by atoms with Gasteiger partial charge in [-0.05, 0) is 36.5 Å². The smallest absolute Gasteiger partial charge is 0.226 e. The van der Waals surface area contributed by atoms with Gasteiger partial charge in [-0.2, -0.15) is 5.26 Å². The molecule has 17 heavy (non-hydrogen) atoms. The fourth-order valence-corrected chi connectivity index (χ4v) is 2.57. The van der Waals surface area contributed by atoms with Crippen molar-refractivity contribution in [3.63, 3.8) is 0 Å². The quantitative estimate of drug-likeness (QED) is 0.785. The summed E-state index contributed by atoms with van der Waals surface area (Å²) in [6.07, 6.45) is 2.00. The first kappa shape index (κ1) is 10.3. The third kappa shape index (κ3) is 1.91. The molecule has 1 saturated heterocycles. The second kappa shape index (κ2) is 3.89. The topological polar surface area (TPSA) is 44.1 Å². The molecule has 1 saturated carbocycles. The van der Waals surface area contributed by atoms with E-state index in [2.05, 4.69) is 6.07 Å². The Balaban J connectivity index is 1.57. The van der Waals surface area contributed by atoms with Crippen molar-refractivity contribution >= 4 is 5.91 Å². The van der Waals surface area contributed by atoms with Crippen LogP contribution in [0.1, 0.15) is 17.5 Å². The van der Waals surface area contributed by atoms with Crippen molar-refractivity contribution in [3.8, 4) is 6.07 Å². The maximum atomic E-state index is 11.8. The van der Waals surface area contributed by atoms with E-state index in [1.54, 1.807) is 0 Å². The average Bonchev–Trinajstić information content (AvgIpc) is 3.07. The Labute approximate surface area is 101 Å². The lowest BCUT2D eigenvalue weighted by atomic mass is 10.1. The fourth-order valence-electron chi connectivity index (χ4n) is 2.57. The summed E-state index contributed by atoms with van der Waals surface area (Å²) in [5.41, 5.74) is 1.88. The van der Waals surface area contributed by atoms with E-state index in [1.807, 2.05) is 29.2 Å². The van der Waals surface area contributed by atoms with Gasteiger partial charge in [-0.3, -0.25) is 4.79 Å². The molecule has 0 bridgehead atoms. The number of likely N-dealkylation sites (tertiary alicyclic amines) is 1. The van der Waals surface area contributed by atoms with E-state index in [0.29, 0.717) is 23.3 Å². The largest absolute Gasteiger partial charge is 0.342 e. The van der Waals surface area contributed by atoms with Gasteiger partial charge in [-0.25, -0.2) is 0 Å². The van der Waals surface area contributed by atoms with Crippen molar-refractivity contribution in [2.24, 2.45) is 11.8 Å². The minimum absolute atomic E-state index is 0.351. The number of nitrogens with zero attached hydrogens (tertiary/aromatic N) is 2. The molecular weight excluding hydrogens is 212 g/mol. The Morgan fingerprint density at radius 1 is 1.35 bits per heavy atom. The number of amides is 1. The fraction of sp³-hybridized carbons (Fsp3) is 0.429. The van der Waals surface area contributed by atoms with Crippen LogP contribution in [0.15, 0.2) is 24.3 Å². The summed E-state index contributed by atoms with van der Waals surface area (Å²) in [4.78, 5) is 13.7. The molecule has 0 N–H and O–H groups in total. The highest BCUT2D eigenvalue weighted by Crippen LogP contribution is 2.45. The molecule has 1 aromatic carbocycles. The third-order valence-electron chi connectivity index (χ3n) is 3.76. The predicted molar refractivity (Wildman–Crippen MR) is 63.0 cm³/mol. The summed E-state index contributed by atoms with van der Waals surface area (Å²) in [5.74, 6) is 1.36. The number of rotatable bonds is 3. The van der Waals surface area contributed by atoms with Crippen LogP contribution in [0, 0.1) is 23.2 Å². The molecule has 1 heterocycles. The molecule has 3 heteroatoms. The minimum atomic E-state index is 0.351. The maximum absolute atomic E-state index is 11.8. The van der Waals surface area contributed by atoms with Gasteiger partial charge in [0.2, 0.25) is 5.91 Å². The lowest BCUT2D eigenvalue weighted by molar-refractivity contribution is -0.129. The van der Waals surface area contributed by atoms with Gasteiger partial charge in [-0.15, -0.1) is 0 Å². The van der Waals surface area contributed by atoms with Gasteiger partial charge in [0.05, 0.1) is 11.6 Å². The molecule has 2 atom stereocenters. The molecular formula is C14H14N2O. The number of hydrogen-bond acceptors (Lipinski definition) is 2. The predicted octanol–water partition coefficient (Wildman–Crippen LogP) is 1.58. The van der Waals surface area contributed by atoms with Gasteiger partial charge in [-0.1, -0.05) is 12.1 Å². The van der Waals surface area contributed by atoms with Crippen molar-refractivity contribution in [2.45, 2.75) is 12.8 Å². The summed E-state index contributed by atoms with van der Waals surface area (Å²) >= 11 is 0. The van der Waals surface area contributed by atoms with E-state index in [0.717, 1.165) is 25.9 Å². The summed E-state index contributed by atoms with van der Waals surface area (Å²) < 4.78 is 0. The second-order valence-corrected chi connectivity index (χ2v) is 4.95. The zero-order valence-electron chi connectivity index (χ0n) is 9.60. The molecule has 1 amide bonds. The number of fused-ring (bicyclic) bond motifs is 1. The van der Waals surface area contributed by atoms with E-state index in [4.69, 9.17) is 5.26 Å². The zero-order valence-corrected chi connectivity index (χ0v) is 9.60. The van der Waals surface area contributed by atoms with Crippen LogP contribution in [0.3, 0.4) is 0 Å². The lowest BCUT2D eigenvalue weighted by Gasteiger charge is -2.17. The first-order valence-electron chi connectivity index (χ1n) is 6.06. The molecule has 0 radical (unpaired) electrons. The Bertz CT molecular complexity index is 486. The molecule has 2 unspecified atom stereocenters. The van der Waals surface area contributed by atoms with Crippen molar-refractivity contribution < 1.29 is 4.79 Å². The molecule has 0 spiro atoms. The van der Waals surface area contributed by atoms with Gasteiger partial charge in [0.1, 0.15) is 0 Å². The van der Waals surface area contributed by atoms with E-state index < -0.39 is 0 Å². The Morgan fingerprint density at radius 3 is 2.71 bits per heavy atom. The van der Waals surface area contributed by atoms with Gasteiger partial charge < -0.3 is 4.90 Å². The zero-order chi connectivity index (χ0) is 11.8. The highest BCUT2D eigenvalue weighted by molar-refractivity contribution is 5.84. The average molecular weight is 226 g/mol. The highest BCUT2D eigenvalue weighted by atomic mass is 16.2. The Kier molecular flexibility index (Phi) is 2.36. The minimum Gasteiger partial charge on any atom is -0.342 e. The van der Waals surface area contributed by atoms with Gasteiger partial charge in [0, 0.05) is 19.0 Å². The molecule has 2 fully saturated rings. The number of nitriles is 1. The number of piperidine rings is 1. The molecule has 0 aromatic heterocycles. The number of benzene rings is 1. The summed E-state index contributed by atoms with van der Waals surface area (Å²) in [6, 6.07) is 9.71. The van der Waals surface area contributed by atoms with Crippen LogP contribution < -0.4 is 0 Å². The monoisotopic (exact) mass is 226 g/mol. The normalized spacial score (nSPS) is 25.6. The van der Waals surface area contributed by atoms with E-state index in [9.17, 15) is 4.79 Å². The molecule has 2 aliphatic rings. The first-order valence-corrected chi connectivity index (χ1v) is 6.06. The van der Waals surface area contributed by atoms with E-state index >= 15 is 0 Å². The summed E-state index contributed by atoms with van der Waals surface area (Å²) in [6.45, 7) is 1.78. The molecule has 3 nitrogen and oxygen atoms in total. The van der Waals surface area contributed by atoms with E-state index in [1.165, 1.54) is 5.56 Å². The summed E-state index contributed by atoms with van der Waals surface area (Å²) in [5, 5.41) is 8.70. The van der Waals surface area contributed by atoms with Crippen molar-refractivity contribution in [1.29, 1.82) is 5.26 Å². The highest BCUT2D eigenvalue weighted by Gasteiger charge is 2.51. The maximum Gasteiger partial charge on any atom is 0.226 e. The number of carbonyl (C=O) groups excluding carboxylic acids is 1. The van der Waals surface area contributed by atoms with Crippen LogP contribution in [-0.4, -0.2) is 23.9 Å². The van der Waals surface area contributed by atoms with Crippen LogP contribution in [0.2, 0.25) is 0 Å². The molecule has 3 rings (SSSR count). The Hall–Kier alpha value is -1.82. The van der Waals surface area contributed by atoms with Crippen molar-refractivity contribution in [2.75, 3.05) is 13.1 Å². The second-order valence-electron chi connectivity index (χ2n) is 4.95. The standard InChI is InChI=1S/C14H14N2O/c15-8-11-3-1-10(2-4-11)5-6-16-9-12-7-13(12)14(16)17/h1-4,12-13H,5-7,9H2. The van der Waals surface area contributed by atoms with Crippen molar-refractivity contribution in [1.82, 2.24) is 4.90 Å². The van der Waals surface area contributed by atoms with Crippen LogP contribution in [0.4, 0.5) is 0 Å². The van der Waals surface area contributed by atoms with Gasteiger partial charge >= 0.3 is 0 Å². The molecule has 86 valence electrons. The van der Waals surface area contributed by atoms with E-state index in [-0.39, 0.29) is 0 Å². The Morgan fingerprint density at radius 2 is 2.12 bits per heavy atom. The SMILES string of the molecule is N#Cc1ccc(CCN2CC3CC3C2=O)cc1. The summed E-state index contributed by atoms with van der Waals surface area (Å²) in [7, 11) is 0. The molecule has 1 aliphatic carbocycles. The van der Waals surface area contributed by atoms with Crippen LogP contribution in [0.5, 0.6) is 0 Å². The first-order chi connectivity index (χ1) is 8.28.